The van der Waals surface area contributed by atoms with E-state index in [2.05, 4.69) is 29.4 Å². The van der Waals surface area contributed by atoms with Gasteiger partial charge in [0.1, 0.15) is 0 Å². The predicted octanol–water partition coefficient (Wildman–Crippen LogP) is 3.61. The van der Waals surface area contributed by atoms with Crippen LogP contribution in [0.5, 0.6) is 0 Å². The first-order chi connectivity index (χ1) is 12.0. The molecule has 0 aliphatic carbocycles. The summed E-state index contributed by atoms with van der Waals surface area (Å²) < 4.78 is 1.57. The van der Waals surface area contributed by atoms with Crippen molar-refractivity contribution < 1.29 is 4.79 Å². The van der Waals surface area contributed by atoms with Crippen molar-refractivity contribution in [3.63, 3.8) is 0 Å². The van der Waals surface area contributed by atoms with Crippen molar-refractivity contribution in [3.8, 4) is 0 Å². The van der Waals surface area contributed by atoms with Crippen molar-refractivity contribution in [2.75, 3.05) is 5.32 Å². The van der Waals surface area contributed by atoms with Crippen LogP contribution in [0.3, 0.4) is 0 Å². The predicted molar refractivity (Wildman–Crippen MR) is 102 cm³/mol. The number of aromatic amines is 1. The maximum absolute atomic E-state index is 12.6. The molecule has 0 radical (unpaired) electrons. The van der Waals surface area contributed by atoms with E-state index < -0.39 is 0 Å². The third-order valence-corrected chi connectivity index (χ3v) is 5.27. The monoisotopic (exact) mass is 362 g/mol. The van der Waals surface area contributed by atoms with E-state index in [1.54, 1.807) is 4.57 Å². The summed E-state index contributed by atoms with van der Waals surface area (Å²) in [6.07, 6.45) is 1.84. The lowest BCUT2D eigenvalue weighted by molar-refractivity contribution is -0.115. The highest BCUT2D eigenvalue weighted by Gasteiger charge is 2.20. The Labute approximate surface area is 152 Å². The number of rotatable bonds is 8. The largest absolute Gasteiger partial charge is 0.343 e. The summed E-state index contributed by atoms with van der Waals surface area (Å²) in [5, 5.41) is 9.68. The van der Waals surface area contributed by atoms with Gasteiger partial charge in [-0.25, -0.2) is 9.89 Å². The van der Waals surface area contributed by atoms with Gasteiger partial charge in [0.25, 0.3) is 0 Å². The van der Waals surface area contributed by atoms with Crippen molar-refractivity contribution in [2.45, 2.75) is 63.4 Å². The number of aromatic nitrogens is 3. The SMILES string of the molecule is CCCn1c(S[C@H](C)C(=O)Nc2ccccc2[C@H](C)CC)n[nH]c1=O. The molecule has 0 bridgehead atoms. The van der Waals surface area contributed by atoms with E-state index in [1.165, 1.54) is 11.8 Å². The highest BCUT2D eigenvalue weighted by atomic mass is 32.2. The Morgan fingerprint density at radius 3 is 2.72 bits per heavy atom. The molecule has 2 aromatic rings. The Morgan fingerprint density at radius 1 is 1.32 bits per heavy atom. The fourth-order valence-electron chi connectivity index (χ4n) is 2.52. The lowest BCUT2D eigenvalue weighted by Gasteiger charge is -2.17. The molecule has 25 heavy (non-hydrogen) atoms. The number of thioether (sulfide) groups is 1. The molecule has 0 saturated heterocycles. The zero-order valence-corrected chi connectivity index (χ0v) is 16.0. The minimum Gasteiger partial charge on any atom is -0.325 e. The average Bonchev–Trinajstić information content (AvgIpc) is 2.95. The lowest BCUT2D eigenvalue weighted by Crippen LogP contribution is -2.24. The van der Waals surface area contributed by atoms with Crippen LogP contribution in [0, 0.1) is 0 Å². The van der Waals surface area contributed by atoms with Crippen molar-refractivity contribution in [3.05, 3.63) is 40.3 Å². The summed E-state index contributed by atoms with van der Waals surface area (Å²) in [6, 6.07) is 7.89. The van der Waals surface area contributed by atoms with Gasteiger partial charge in [-0.3, -0.25) is 9.36 Å². The summed E-state index contributed by atoms with van der Waals surface area (Å²) in [6.45, 7) is 8.68. The van der Waals surface area contributed by atoms with E-state index in [4.69, 9.17) is 0 Å². The Morgan fingerprint density at radius 2 is 2.04 bits per heavy atom. The molecule has 2 N–H and O–H groups in total. The van der Waals surface area contributed by atoms with Crippen molar-refractivity contribution in [1.29, 1.82) is 0 Å². The number of para-hydroxylation sites is 1. The van der Waals surface area contributed by atoms with Gasteiger partial charge in [-0.2, -0.15) is 0 Å². The molecule has 0 aliphatic rings. The quantitative estimate of drug-likeness (QED) is 0.703. The van der Waals surface area contributed by atoms with E-state index in [9.17, 15) is 9.59 Å². The second-order valence-corrected chi connectivity index (χ2v) is 7.42. The number of hydrogen-bond donors (Lipinski definition) is 2. The van der Waals surface area contributed by atoms with Gasteiger partial charge in [-0.15, -0.1) is 5.10 Å². The molecule has 136 valence electrons. The standard InChI is InChI=1S/C18H26N4O2S/c1-5-11-22-17(24)20-21-18(22)25-13(4)16(23)19-15-10-8-7-9-14(15)12(3)6-2/h7-10,12-13H,5-6,11H2,1-4H3,(H,19,23)(H,20,24)/t12-,13-/m1/s1. The highest BCUT2D eigenvalue weighted by Crippen LogP contribution is 2.28. The molecular weight excluding hydrogens is 336 g/mol. The number of carbonyl (C=O) groups is 1. The number of anilines is 1. The van der Waals surface area contributed by atoms with E-state index in [1.807, 2.05) is 38.1 Å². The van der Waals surface area contributed by atoms with Crippen LogP contribution >= 0.6 is 11.8 Å². The van der Waals surface area contributed by atoms with Crippen LogP contribution in [0.4, 0.5) is 5.69 Å². The summed E-state index contributed by atoms with van der Waals surface area (Å²) >= 11 is 1.29. The lowest BCUT2D eigenvalue weighted by atomic mass is 9.97. The van der Waals surface area contributed by atoms with Crippen LogP contribution in [0.2, 0.25) is 0 Å². The normalized spacial score (nSPS) is 13.4. The van der Waals surface area contributed by atoms with Gasteiger partial charge in [-0.1, -0.05) is 50.7 Å². The zero-order valence-electron chi connectivity index (χ0n) is 15.2. The second-order valence-electron chi connectivity index (χ2n) is 6.11. The van der Waals surface area contributed by atoms with Gasteiger partial charge in [0.15, 0.2) is 5.16 Å². The molecule has 1 heterocycles. The number of amides is 1. The number of nitrogens with one attached hydrogen (secondary N) is 2. The van der Waals surface area contributed by atoms with Crippen molar-refractivity contribution in [1.82, 2.24) is 14.8 Å². The molecule has 2 rings (SSSR count). The number of H-pyrrole nitrogens is 1. The molecule has 2 atom stereocenters. The maximum Gasteiger partial charge on any atom is 0.343 e. The molecule has 0 saturated carbocycles. The van der Waals surface area contributed by atoms with Crippen LogP contribution in [0.1, 0.15) is 52.0 Å². The van der Waals surface area contributed by atoms with Gasteiger partial charge in [0, 0.05) is 12.2 Å². The van der Waals surface area contributed by atoms with Crippen LogP contribution in [0.25, 0.3) is 0 Å². The summed E-state index contributed by atoms with van der Waals surface area (Å²) in [5.41, 5.74) is 1.75. The van der Waals surface area contributed by atoms with Gasteiger partial charge in [0.2, 0.25) is 5.91 Å². The molecule has 0 spiro atoms. The maximum atomic E-state index is 12.6. The van der Waals surface area contributed by atoms with Gasteiger partial charge in [0.05, 0.1) is 5.25 Å². The summed E-state index contributed by atoms with van der Waals surface area (Å²) in [7, 11) is 0. The van der Waals surface area contributed by atoms with E-state index in [0.29, 0.717) is 17.6 Å². The van der Waals surface area contributed by atoms with Crippen LogP contribution in [-0.4, -0.2) is 25.9 Å². The fraction of sp³-hybridized carbons (Fsp3) is 0.500. The fourth-order valence-corrected chi connectivity index (χ4v) is 3.40. The van der Waals surface area contributed by atoms with Gasteiger partial charge in [-0.05, 0) is 37.3 Å². The number of hydrogen-bond acceptors (Lipinski definition) is 4. The first-order valence-corrected chi connectivity index (χ1v) is 9.57. The third-order valence-electron chi connectivity index (χ3n) is 4.18. The van der Waals surface area contributed by atoms with Crippen LogP contribution in [0.15, 0.2) is 34.2 Å². The Kier molecular flexibility index (Phi) is 6.87. The first kappa shape index (κ1) is 19.3. The molecule has 1 amide bonds. The molecule has 1 aromatic carbocycles. The molecule has 1 aromatic heterocycles. The molecule has 0 fully saturated rings. The van der Waals surface area contributed by atoms with Gasteiger partial charge < -0.3 is 5.32 Å². The molecule has 0 unspecified atom stereocenters. The topological polar surface area (TPSA) is 79.8 Å². The van der Waals surface area contributed by atoms with Gasteiger partial charge >= 0.3 is 5.69 Å². The van der Waals surface area contributed by atoms with E-state index in [-0.39, 0.29) is 16.8 Å². The molecule has 0 aliphatic heterocycles. The second kappa shape index (κ2) is 8.89. The minimum absolute atomic E-state index is 0.0979. The van der Waals surface area contributed by atoms with Crippen molar-refractivity contribution in [2.24, 2.45) is 0 Å². The van der Waals surface area contributed by atoms with E-state index in [0.717, 1.165) is 24.1 Å². The molecule has 7 heteroatoms. The van der Waals surface area contributed by atoms with Crippen LogP contribution in [-0.2, 0) is 11.3 Å². The number of benzene rings is 1. The summed E-state index contributed by atoms with van der Waals surface area (Å²) in [4.78, 5) is 24.4. The Hall–Kier alpha value is -2.02. The minimum atomic E-state index is -0.365. The third kappa shape index (κ3) is 4.75. The van der Waals surface area contributed by atoms with Crippen LogP contribution < -0.4 is 11.0 Å². The average molecular weight is 362 g/mol. The Balaban J connectivity index is 2.10. The first-order valence-electron chi connectivity index (χ1n) is 8.69. The number of carbonyl (C=O) groups excluding carboxylic acids is 1. The smallest absolute Gasteiger partial charge is 0.325 e. The van der Waals surface area contributed by atoms with E-state index >= 15 is 0 Å². The Bertz CT molecular complexity index is 768. The highest BCUT2D eigenvalue weighted by molar-refractivity contribution is 8.00. The molecule has 6 nitrogen and oxygen atoms in total. The zero-order chi connectivity index (χ0) is 18.4. The van der Waals surface area contributed by atoms with Crippen molar-refractivity contribution >= 4 is 23.4 Å². The number of nitrogens with zero attached hydrogens (tertiary/aromatic N) is 2. The molecular formula is C18H26N4O2S. The summed E-state index contributed by atoms with van der Waals surface area (Å²) in [5.74, 6) is 0.278.